The summed E-state index contributed by atoms with van der Waals surface area (Å²) in [4.78, 5) is 16.9. The van der Waals surface area contributed by atoms with Gasteiger partial charge in [0.2, 0.25) is 0 Å². The smallest absolute Gasteiger partial charge is 0.255 e. The molecule has 0 radical (unpaired) electrons. The minimum atomic E-state index is -0.563. The van der Waals surface area contributed by atoms with Gasteiger partial charge < -0.3 is 14.7 Å². The number of nitrogens with zero attached hydrogens (tertiary/aromatic N) is 2. The van der Waals surface area contributed by atoms with E-state index in [4.69, 9.17) is 9.84 Å². The third-order valence-corrected chi connectivity index (χ3v) is 2.17. The highest BCUT2D eigenvalue weighted by atomic mass is 19.1. The zero-order valence-corrected chi connectivity index (χ0v) is 9.60. The molecule has 1 N–H and O–H groups in total. The fourth-order valence-electron chi connectivity index (χ4n) is 1.35. The summed E-state index contributed by atoms with van der Waals surface area (Å²) >= 11 is 0. The van der Waals surface area contributed by atoms with Crippen molar-refractivity contribution in [2.75, 3.05) is 33.4 Å². The summed E-state index contributed by atoms with van der Waals surface area (Å²) in [5.41, 5.74) is 0.162. The van der Waals surface area contributed by atoms with Gasteiger partial charge in [0.1, 0.15) is 5.82 Å². The number of amides is 1. The Bertz CT molecular complexity index is 373. The summed E-state index contributed by atoms with van der Waals surface area (Å²) in [6, 6.07) is 1.12. The molecule has 1 rings (SSSR count). The molecule has 0 aliphatic carbocycles. The maximum Gasteiger partial charge on any atom is 0.255 e. The number of aliphatic hydroxyl groups is 1. The second-order valence-electron chi connectivity index (χ2n) is 3.40. The zero-order chi connectivity index (χ0) is 12.7. The molecule has 17 heavy (non-hydrogen) atoms. The molecule has 1 aromatic heterocycles. The SMILES string of the molecule is COCCN(CCO)C(=O)c1cncc(F)c1. The number of carbonyl (C=O) groups excluding carboxylic acids is 1. The number of hydrogen-bond acceptors (Lipinski definition) is 4. The van der Waals surface area contributed by atoms with E-state index in [9.17, 15) is 9.18 Å². The average Bonchev–Trinajstić information content (AvgIpc) is 2.33. The van der Waals surface area contributed by atoms with Crippen LogP contribution in [0.25, 0.3) is 0 Å². The minimum Gasteiger partial charge on any atom is -0.395 e. The van der Waals surface area contributed by atoms with Crippen LogP contribution in [0.1, 0.15) is 10.4 Å². The molecule has 1 amide bonds. The number of pyridine rings is 1. The minimum absolute atomic E-state index is 0.155. The average molecular weight is 242 g/mol. The Labute approximate surface area is 98.8 Å². The molecule has 1 aromatic rings. The monoisotopic (exact) mass is 242 g/mol. The lowest BCUT2D eigenvalue weighted by molar-refractivity contribution is 0.0655. The van der Waals surface area contributed by atoms with Crippen LogP contribution in [0.2, 0.25) is 0 Å². The molecule has 0 saturated carbocycles. The Balaban J connectivity index is 2.76. The van der Waals surface area contributed by atoms with Crippen molar-refractivity contribution in [3.63, 3.8) is 0 Å². The Morgan fingerprint density at radius 2 is 2.29 bits per heavy atom. The first kappa shape index (κ1) is 13.5. The topological polar surface area (TPSA) is 62.7 Å². The van der Waals surface area contributed by atoms with Crippen LogP contribution < -0.4 is 0 Å². The Morgan fingerprint density at radius 1 is 1.53 bits per heavy atom. The van der Waals surface area contributed by atoms with Crippen LogP contribution in [-0.4, -0.2) is 54.3 Å². The number of aliphatic hydroxyl groups excluding tert-OH is 1. The molecular formula is C11H15FN2O3. The number of rotatable bonds is 6. The lowest BCUT2D eigenvalue weighted by atomic mass is 10.2. The molecule has 0 saturated heterocycles. The van der Waals surface area contributed by atoms with Gasteiger partial charge in [0.15, 0.2) is 0 Å². The summed E-state index contributed by atoms with van der Waals surface area (Å²) in [5, 5.41) is 8.86. The van der Waals surface area contributed by atoms with Crippen molar-refractivity contribution < 1.29 is 19.0 Å². The first-order valence-corrected chi connectivity index (χ1v) is 5.18. The van der Waals surface area contributed by atoms with Gasteiger partial charge in [-0.05, 0) is 6.07 Å². The van der Waals surface area contributed by atoms with Crippen LogP contribution in [0.15, 0.2) is 18.5 Å². The third-order valence-electron chi connectivity index (χ3n) is 2.17. The normalized spacial score (nSPS) is 10.3. The summed E-state index contributed by atoms with van der Waals surface area (Å²) in [5.74, 6) is -0.936. The van der Waals surface area contributed by atoms with Gasteiger partial charge in [-0.25, -0.2) is 4.39 Å². The van der Waals surface area contributed by atoms with Gasteiger partial charge in [0.05, 0.1) is 25.0 Å². The van der Waals surface area contributed by atoms with Crippen molar-refractivity contribution in [1.82, 2.24) is 9.88 Å². The van der Waals surface area contributed by atoms with Crippen molar-refractivity contribution in [3.8, 4) is 0 Å². The van der Waals surface area contributed by atoms with Gasteiger partial charge in [-0.15, -0.1) is 0 Å². The summed E-state index contributed by atoms with van der Waals surface area (Å²) in [6.45, 7) is 0.720. The van der Waals surface area contributed by atoms with Crippen molar-refractivity contribution in [2.24, 2.45) is 0 Å². The Kier molecular flexibility index (Phi) is 5.51. The predicted molar refractivity (Wildman–Crippen MR) is 59.1 cm³/mol. The highest BCUT2D eigenvalue weighted by Crippen LogP contribution is 2.05. The standard InChI is InChI=1S/C11H15FN2O3/c1-17-5-3-14(2-4-15)11(16)9-6-10(12)8-13-7-9/h6-8,15H,2-5H2,1H3. The number of methoxy groups -OCH3 is 1. The van der Waals surface area contributed by atoms with Gasteiger partial charge in [0.25, 0.3) is 5.91 Å². The van der Waals surface area contributed by atoms with E-state index in [0.717, 1.165) is 12.3 Å². The van der Waals surface area contributed by atoms with Gasteiger partial charge in [-0.2, -0.15) is 0 Å². The van der Waals surface area contributed by atoms with Gasteiger partial charge in [0, 0.05) is 26.4 Å². The molecule has 0 fully saturated rings. The van der Waals surface area contributed by atoms with E-state index in [0.29, 0.717) is 13.2 Å². The van der Waals surface area contributed by atoms with E-state index >= 15 is 0 Å². The van der Waals surface area contributed by atoms with E-state index < -0.39 is 5.82 Å². The summed E-state index contributed by atoms with van der Waals surface area (Å²) in [7, 11) is 1.52. The maximum absolute atomic E-state index is 12.9. The molecule has 0 atom stereocenters. The number of hydrogen-bond donors (Lipinski definition) is 1. The maximum atomic E-state index is 12.9. The van der Waals surface area contributed by atoms with Crippen molar-refractivity contribution in [1.29, 1.82) is 0 Å². The van der Waals surface area contributed by atoms with Crippen molar-refractivity contribution in [2.45, 2.75) is 0 Å². The molecule has 1 heterocycles. The number of halogens is 1. The molecule has 0 aromatic carbocycles. The lowest BCUT2D eigenvalue weighted by Gasteiger charge is -2.21. The van der Waals surface area contributed by atoms with E-state index in [1.165, 1.54) is 18.2 Å². The van der Waals surface area contributed by atoms with Crippen LogP contribution in [0.3, 0.4) is 0 Å². The van der Waals surface area contributed by atoms with Crippen molar-refractivity contribution >= 4 is 5.91 Å². The fourth-order valence-corrected chi connectivity index (χ4v) is 1.35. The number of ether oxygens (including phenoxy) is 1. The quantitative estimate of drug-likeness (QED) is 0.779. The first-order chi connectivity index (χ1) is 8.19. The van der Waals surface area contributed by atoms with E-state index in [-0.39, 0.29) is 24.6 Å². The Morgan fingerprint density at radius 3 is 2.88 bits per heavy atom. The number of carbonyl (C=O) groups is 1. The van der Waals surface area contributed by atoms with Crippen molar-refractivity contribution in [3.05, 3.63) is 29.8 Å². The van der Waals surface area contributed by atoms with Crippen LogP contribution in [0.4, 0.5) is 4.39 Å². The first-order valence-electron chi connectivity index (χ1n) is 5.18. The second-order valence-corrected chi connectivity index (χ2v) is 3.40. The van der Waals surface area contributed by atoms with Crippen LogP contribution in [0, 0.1) is 5.82 Å². The van der Waals surface area contributed by atoms with Crippen LogP contribution in [0.5, 0.6) is 0 Å². The van der Waals surface area contributed by atoms with Gasteiger partial charge >= 0.3 is 0 Å². The molecule has 0 spiro atoms. The highest BCUT2D eigenvalue weighted by Gasteiger charge is 2.15. The lowest BCUT2D eigenvalue weighted by Crippen LogP contribution is -2.36. The highest BCUT2D eigenvalue weighted by molar-refractivity contribution is 5.93. The fraction of sp³-hybridized carbons (Fsp3) is 0.455. The zero-order valence-electron chi connectivity index (χ0n) is 9.60. The second kappa shape index (κ2) is 6.93. The molecule has 0 aliphatic rings. The number of aromatic nitrogens is 1. The van der Waals surface area contributed by atoms with Crippen LogP contribution in [-0.2, 0) is 4.74 Å². The largest absolute Gasteiger partial charge is 0.395 e. The van der Waals surface area contributed by atoms with E-state index in [2.05, 4.69) is 4.98 Å². The molecule has 94 valence electrons. The van der Waals surface area contributed by atoms with Gasteiger partial charge in [-0.1, -0.05) is 0 Å². The third kappa shape index (κ3) is 4.08. The summed E-state index contributed by atoms with van der Waals surface area (Å²) < 4.78 is 17.8. The molecule has 0 bridgehead atoms. The molecule has 0 aliphatic heterocycles. The molecule has 0 unspecified atom stereocenters. The van der Waals surface area contributed by atoms with Crippen LogP contribution >= 0.6 is 0 Å². The van der Waals surface area contributed by atoms with Gasteiger partial charge in [-0.3, -0.25) is 9.78 Å². The summed E-state index contributed by atoms with van der Waals surface area (Å²) in [6.07, 6.45) is 2.32. The van der Waals surface area contributed by atoms with E-state index in [1.54, 1.807) is 0 Å². The molecule has 5 nitrogen and oxygen atoms in total. The molecular weight excluding hydrogens is 227 g/mol. The Hall–Kier alpha value is -1.53. The van der Waals surface area contributed by atoms with E-state index in [1.807, 2.05) is 0 Å². The molecule has 6 heteroatoms. The predicted octanol–water partition coefficient (Wildman–Crippen LogP) is 0.302.